The van der Waals surface area contributed by atoms with E-state index in [1.165, 1.54) is 12.1 Å². The summed E-state index contributed by atoms with van der Waals surface area (Å²) in [5, 5.41) is 9.55. The van der Waals surface area contributed by atoms with Crippen LogP contribution in [-0.4, -0.2) is 30.1 Å². The fourth-order valence-electron chi connectivity index (χ4n) is 2.02. The van der Waals surface area contributed by atoms with Crippen molar-refractivity contribution in [1.82, 2.24) is 4.90 Å². The summed E-state index contributed by atoms with van der Waals surface area (Å²) in [6.45, 7) is 0.418. The van der Waals surface area contributed by atoms with Crippen LogP contribution in [0.25, 0.3) is 0 Å². The van der Waals surface area contributed by atoms with Crippen molar-refractivity contribution in [2.75, 3.05) is 14.2 Å². The zero-order valence-corrected chi connectivity index (χ0v) is 12.6. The van der Waals surface area contributed by atoms with Gasteiger partial charge in [-0.25, -0.2) is 0 Å². The predicted octanol–water partition coefficient (Wildman–Crippen LogP) is 3.33. The second-order valence-corrected chi connectivity index (χ2v) is 5.05. The third-order valence-electron chi connectivity index (χ3n) is 3.14. The van der Waals surface area contributed by atoms with Crippen LogP contribution in [0.4, 0.5) is 0 Å². The van der Waals surface area contributed by atoms with Gasteiger partial charge in [-0.3, -0.25) is 4.79 Å². The largest absolute Gasteiger partial charge is 0.506 e. The standard InChI is InChI=1S/C16H16ClNO3/c1-18(10-12-5-3-4-6-15(12)21-2)16(20)11-7-8-14(19)13(17)9-11/h3-9,19H,10H2,1-2H3. The van der Waals surface area contributed by atoms with Crippen LogP contribution in [0, 0.1) is 0 Å². The van der Waals surface area contributed by atoms with Crippen LogP contribution >= 0.6 is 11.6 Å². The molecule has 21 heavy (non-hydrogen) atoms. The summed E-state index contributed by atoms with van der Waals surface area (Å²) in [7, 11) is 3.30. The molecule has 2 rings (SSSR count). The van der Waals surface area contributed by atoms with Crippen molar-refractivity contribution in [1.29, 1.82) is 0 Å². The molecule has 0 spiro atoms. The van der Waals surface area contributed by atoms with E-state index < -0.39 is 0 Å². The molecule has 1 amide bonds. The number of nitrogens with zero attached hydrogens (tertiary/aromatic N) is 1. The van der Waals surface area contributed by atoms with Gasteiger partial charge in [0.15, 0.2) is 0 Å². The minimum absolute atomic E-state index is 0.0411. The Balaban J connectivity index is 2.17. The van der Waals surface area contributed by atoms with E-state index in [0.29, 0.717) is 12.1 Å². The van der Waals surface area contributed by atoms with E-state index in [2.05, 4.69) is 0 Å². The van der Waals surface area contributed by atoms with E-state index in [1.54, 1.807) is 25.1 Å². The highest BCUT2D eigenvalue weighted by Gasteiger charge is 2.15. The van der Waals surface area contributed by atoms with Gasteiger partial charge >= 0.3 is 0 Å². The maximum absolute atomic E-state index is 12.4. The summed E-state index contributed by atoms with van der Waals surface area (Å²) in [5.41, 5.74) is 1.34. The average Bonchev–Trinajstić information content (AvgIpc) is 2.49. The highest BCUT2D eigenvalue weighted by Crippen LogP contribution is 2.25. The van der Waals surface area contributed by atoms with Gasteiger partial charge in [0.05, 0.1) is 12.1 Å². The lowest BCUT2D eigenvalue weighted by Crippen LogP contribution is -2.26. The van der Waals surface area contributed by atoms with E-state index >= 15 is 0 Å². The Bertz CT molecular complexity index is 658. The Labute approximate surface area is 128 Å². The predicted molar refractivity (Wildman–Crippen MR) is 81.9 cm³/mol. The summed E-state index contributed by atoms with van der Waals surface area (Å²) < 4.78 is 5.27. The molecule has 0 unspecified atom stereocenters. The number of phenols is 1. The van der Waals surface area contributed by atoms with Gasteiger partial charge in [0.25, 0.3) is 5.91 Å². The lowest BCUT2D eigenvalue weighted by Gasteiger charge is -2.19. The summed E-state index contributed by atoms with van der Waals surface area (Å²) in [5.74, 6) is 0.518. The quantitative estimate of drug-likeness (QED) is 0.942. The fraction of sp³-hybridized carbons (Fsp3) is 0.188. The lowest BCUT2D eigenvalue weighted by atomic mass is 10.1. The zero-order valence-electron chi connectivity index (χ0n) is 11.8. The number of hydrogen-bond acceptors (Lipinski definition) is 3. The molecule has 0 aliphatic carbocycles. The second kappa shape index (κ2) is 6.50. The summed E-state index contributed by atoms with van der Waals surface area (Å²) in [4.78, 5) is 13.9. The molecule has 5 heteroatoms. The van der Waals surface area contributed by atoms with Crippen molar-refractivity contribution in [3.05, 3.63) is 58.6 Å². The minimum Gasteiger partial charge on any atom is -0.506 e. The normalized spacial score (nSPS) is 10.2. The van der Waals surface area contributed by atoms with Crippen LogP contribution in [0.1, 0.15) is 15.9 Å². The van der Waals surface area contributed by atoms with Crippen LogP contribution in [0.15, 0.2) is 42.5 Å². The van der Waals surface area contributed by atoms with Crippen LogP contribution < -0.4 is 4.74 Å². The molecule has 0 saturated heterocycles. The highest BCUT2D eigenvalue weighted by molar-refractivity contribution is 6.32. The minimum atomic E-state index is -0.178. The number of halogens is 1. The number of hydrogen-bond donors (Lipinski definition) is 1. The maximum atomic E-state index is 12.4. The first-order chi connectivity index (χ1) is 10.0. The van der Waals surface area contributed by atoms with Crippen molar-refractivity contribution < 1.29 is 14.6 Å². The molecular formula is C16H16ClNO3. The SMILES string of the molecule is COc1ccccc1CN(C)C(=O)c1ccc(O)c(Cl)c1. The highest BCUT2D eigenvalue weighted by atomic mass is 35.5. The van der Waals surface area contributed by atoms with E-state index in [9.17, 15) is 9.90 Å². The van der Waals surface area contributed by atoms with Crippen molar-refractivity contribution in [2.45, 2.75) is 6.54 Å². The Morgan fingerprint density at radius 2 is 2.00 bits per heavy atom. The van der Waals surface area contributed by atoms with Crippen LogP contribution in [0.5, 0.6) is 11.5 Å². The Kier molecular flexibility index (Phi) is 4.70. The number of amides is 1. The van der Waals surface area contributed by atoms with Gasteiger partial charge in [-0.2, -0.15) is 0 Å². The van der Waals surface area contributed by atoms with Crippen molar-refractivity contribution >= 4 is 17.5 Å². The molecule has 0 atom stereocenters. The maximum Gasteiger partial charge on any atom is 0.253 e. The van der Waals surface area contributed by atoms with E-state index in [4.69, 9.17) is 16.3 Å². The third kappa shape index (κ3) is 3.47. The molecular weight excluding hydrogens is 290 g/mol. The van der Waals surface area contributed by atoms with Gasteiger partial charge in [-0.15, -0.1) is 0 Å². The average molecular weight is 306 g/mol. The van der Waals surface area contributed by atoms with Crippen molar-refractivity contribution in [3.8, 4) is 11.5 Å². The third-order valence-corrected chi connectivity index (χ3v) is 3.44. The second-order valence-electron chi connectivity index (χ2n) is 4.64. The number of methoxy groups -OCH3 is 1. The van der Waals surface area contributed by atoms with Gasteiger partial charge in [0, 0.05) is 24.7 Å². The molecule has 1 N–H and O–H groups in total. The monoisotopic (exact) mass is 305 g/mol. The van der Waals surface area contributed by atoms with Gasteiger partial charge < -0.3 is 14.7 Å². The van der Waals surface area contributed by atoms with Gasteiger partial charge in [0.2, 0.25) is 0 Å². The molecule has 0 aromatic heterocycles. The lowest BCUT2D eigenvalue weighted by molar-refractivity contribution is 0.0784. The summed E-state index contributed by atoms with van der Waals surface area (Å²) >= 11 is 5.83. The van der Waals surface area contributed by atoms with Crippen LogP contribution in [0.2, 0.25) is 5.02 Å². The van der Waals surface area contributed by atoms with Crippen molar-refractivity contribution in [3.63, 3.8) is 0 Å². The van der Waals surface area contributed by atoms with Gasteiger partial charge in [-0.05, 0) is 24.3 Å². The molecule has 0 saturated carbocycles. The number of ether oxygens (including phenoxy) is 1. The molecule has 2 aromatic rings. The van der Waals surface area contributed by atoms with E-state index in [1.807, 2.05) is 24.3 Å². The number of benzene rings is 2. The van der Waals surface area contributed by atoms with E-state index in [-0.39, 0.29) is 16.7 Å². The fourth-order valence-corrected chi connectivity index (χ4v) is 2.20. The smallest absolute Gasteiger partial charge is 0.253 e. The Morgan fingerprint density at radius 3 is 2.67 bits per heavy atom. The molecule has 110 valence electrons. The summed E-state index contributed by atoms with van der Waals surface area (Å²) in [6.07, 6.45) is 0. The molecule has 0 radical (unpaired) electrons. The number of rotatable bonds is 4. The topological polar surface area (TPSA) is 49.8 Å². The molecule has 0 aliphatic heterocycles. The van der Waals surface area contributed by atoms with Gasteiger partial charge in [-0.1, -0.05) is 29.8 Å². The van der Waals surface area contributed by atoms with E-state index in [0.717, 1.165) is 11.3 Å². The number of carbonyl (C=O) groups is 1. The van der Waals surface area contributed by atoms with Crippen molar-refractivity contribution in [2.24, 2.45) is 0 Å². The Morgan fingerprint density at radius 1 is 1.29 bits per heavy atom. The van der Waals surface area contributed by atoms with Crippen LogP contribution in [0.3, 0.4) is 0 Å². The number of phenolic OH excluding ortho intramolecular Hbond substituents is 1. The molecule has 0 bridgehead atoms. The van der Waals surface area contributed by atoms with Crippen LogP contribution in [-0.2, 0) is 6.54 Å². The summed E-state index contributed by atoms with van der Waals surface area (Å²) in [6, 6.07) is 11.9. The Hall–Kier alpha value is -2.20. The zero-order chi connectivity index (χ0) is 15.4. The number of para-hydroxylation sites is 1. The molecule has 2 aromatic carbocycles. The number of carbonyl (C=O) groups excluding carboxylic acids is 1. The molecule has 0 fully saturated rings. The first-order valence-electron chi connectivity index (χ1n) is 6.39. The number of aromatic hydroxyl groups is 1. The first kappa shape index (κ1) is 15.2. The van der Waals surface area contributed by atoms with Gasteiger partial charge in [0.1, 0.15) is 11.5 Å². The molecule has 4 nitrogen and oxygen atoms in total. The molecule has 0 heterocycles. The molecule has 0 aliphatic rings. The first-order valence-corrected chi connectivity index (χ1v) is 6.76.